The summed E-state index contributed by atoms with van der Waals surface area (Å²) in [5.74, 6) is 0.149. The molecule has 0 aliphatic heterocycles. The van der Waals surface area contributed by atoms with Crippen LogP contribution in [0.25, 0.3) is 0 Å². The molecule has 11 heavy (non-hydrogen) atoms. The first-order valence-corrected chi connectivity index (χ1v) is 5.76. The average Bonchev–Trinajstić information content (AvgIpc) is 1.84. The maximum Gasteiger partial charge on any atom is 0.211 e. The van der Waals surface area contributed by atoms with Crippen molar-refractivity contribution in [2.45, 2.75) is 31.2 Å². The van der Waals surface area contributed by atoms with Crippen molar-refractivity contribution in [2.75, 3.05) is 5.75 Å². The van der Waals surface area contributed by atoms with Crippen LogP contribution in [0.1, 0.15) is 19.8 Å². The summed E-state index contributed by atoms with van der Waals surface area (Å²) < 4.78 is 24.5. The quantitative estimate of drug-likeness (QED) is 0.677. The van der Waals surface area contributed by atoms with Gasteiger partial charge in [0.15, 0.2) is 0 Å². The molecule has 1 rings (SSSR count). The van der Waals surface area contributed by atoms with E-state index in [0.29, 0.717) is 0 Å². The van der Waals surface area contributed by atoms with E-state index in [9.17, 15) is 8.42 Å². The molecule has 66 valence electrons. The predicted octanol–water partition coefficient (Wildman–Crippen LogP) is 0.696. The van der Waals surface area contributed by atoms with Gasteiger partial charge in [0.05, 0.1) is 5.75 Å². The molecular formula is C6H12ClNO2S. The molecule has 0 aromatic heterocycles. The van der Waals surface area contributed by atoms with Crippen molar-refractivity contribution in [1.29, 1.82) is 0 Å². The molecule has 0 aromatic rings. The summed E-state index contributed by atoms with van der Waals surface area (Å²) in [5.41, 5.74) is 0. The summed E-state index contributed by atoms with van der Waals surface area (Å²) in [5, 5.41) is 0.166. The first-order chi connectivity index (χ1) is 5.03. The topological polar surface area (TPSA) is 46.2 Å². The number of rotatable bonds is 3. The molecule has 1 aliphatic rings. The summed E-state index contributed by atoms with van der Waals surface area (Å²) in [6.45, 7) is 1.62. The maximum atomic E-state index is 11.0. The average molecular weight is 198 g/mol. The molecule has 0 spiro atoms. The van der Waals surface area contributed by atoms with E-state index < -0.39 is 10.0 Å². The molecule has 0 amide bonds. The van der Waals surface area contributed by atoms with E-state index in [4.69, 9.17) is 11.6 Å². The second kappa shape index (κ2) is 3.29. The molecule has 0 unspecified atom stereocenters. The Hall–Kier alpha value is 0.200. The Kier molecular flexibility index (Phi) is 2.78. The summed E-state index contributed by atoms with van der Waals surface area (Å²) in [6, 6.07) is 0.0856. The van der Waals surface area contributed by atoms with Crippen molar-refractivity contribution in [3.63, 3.8) is 0 Å². The number of nitrogens with one attached hydrogen (secondary N) is 1. The number of sulfonamides is 1. The molecule has 1 saturated carbocycles. The Bertz CT molecular complexity index is 221. The van der Waals surface area contributed by atoms with Crippen LogP contribution in [0.5, 0.6) is 0 Å². The smallest absolute Gasteiger partial charge is 0.211 e. The fourth-order valence-corrected chi connectivity index (χ4v) is 2.28. The third kappa shape index (κ3) is 2.61. The van der Waals surface area contributed by atoms with Crippen LogP contribution >= 0.6 is 11.6 Å². The van der Waals surface area contributed by atoms with E-state index in [1.165, 1.54) is 0 Å². The third-order valence-corrected chi connectivity index (χ3v) is 3.62. The van der Waals surface area contributed by atoms with Crippen molar-refractivity contribution in [2.24, 2.45) is 0 Å². The minimum absolute atomic E-state index is 0.0856. The highest BCUT2D eigenvalue weighted by Crippen LogP contribution is 2.25. The van der Waals surface area contributed by atoms with E-state index in [-0.39, 0.29) is 17.2 Å². The molecule has 0 saturated heterocycles. The zero-order valence-corrected chi connectivity index (χ0v) is 7.95. The van der Waals surface area contributed by atoms with Gasteiger partial charge in [0, 0.05) is 11.4 Å². The second-order valence-corrected chi connectivity index (χ2v) is 5.45. The molecule has 0 atom stereocenters. The summed E-state index contributed by atoms with van der Waals surface area (Å²) >= 11 is 5.68. The van der Waals surface area contributed by atoms with Gasteiger partial charge in [0.1, 0.15) is 0 Å². The lowest BCUT2D eigenvalue weighted by Gasteiger charge is -2.30. The lowest BCUT2D eigenvalue weighted by Crippen LogP contribution is -2.45. The Morgan fingerprint density at radius 1 is 1.55 bits per heavy atom. The lowest BCUT2D eigenvalue weighted by atomic mass is 9.94. The Labute approximate surface area is 72.2 Å². The van der Waals surface area contributed by atoms with Gasteiger partial charge in [-0.1, -0.05) is 0 Å². The van der Waals surface area contributed by atoms with Gasteiger partial charge >= 0.3 is 0 Å². The summed E-state index contributed by atoms with van der Waals surface area (Å²) in [6.07, 6.45) is 1.53. The molecule has 0 aromatic carbocycles. The normalized spacial score (nSPS) is 31.5. The minimum Gasteiger partial charge on any atom is -0.212 e. The molecular weight excluding hydrogens is 186 g/mol. The lowest BCUT2D eigenvalue weighted by molar-refractivity contribution is 0.391. The predicted molar refractivity (Wildman–Crippen MR) is 45.3 cm³/mol. The van der Waals surface area contributed by atoms with Crippen LogP contribution < -0.4 is 4.72 Å². The summed E-state index contributed by atoms with van der Waals surface area (Å²) in [4.78, 5) is 0. The summed E-state index contributed by atoms with van der Waals surface area (Å²) in [7, 11) is -3.01. The Morgan fingerprint density at radius 3 is 2.45 bits per heavy atom. The Balaban J connectivity index is 2.33. The molecule has 1 fully saturated rings. The van der Waals surface area contributed by atoms with E-state index in [0.717, 1.165) is 12.8 Å². The van der Waals surface area contributed by atoms with E-state index >= 15 is 0 Å². The van der Waals surface area contributed by atoms with Crippen LogP contribution in [0.2, 0.25) is 0 Å². The minimum atomic E-state index is -3.01. The van der Waals surface area contributed by atoms with E-state index in [2.05, 4.69) is 4.72 Å². The van der Waals surface area contributed by atoms with Gasteiger partial charge < -0.3 is 0 Å². The maximum absolute atomic E-state index is 11.0. The number of halogens is 1. The number of hydrogen-bond donors (Lipinski definition) is 1. The van der Waals surface area contributed by atoms with Crippen molar-refractivity contribution in [1.82, 2.24) is 4.72 Å². The Morgan fingerprint density at radius 2 is 2.09 bits per heavy atom. The molecule has 1 aliphatic carbocycles. The van der Waals surface area contributed by atoms with Crippen LogP contribution in [0.3, 0.4) is 0 Å². The van der Waals surface area contributed by atoms with Gasteiger partial charge in [-0.2, -0.15) is 0 Å². The molecule has 1 N–H and O–H groups in total. The molecule has 5 heteroatoms. The zero-order chi connectivity index (χ0) is 8.48. The van der Waals surface area contributed by atoms with Gasteiger partial charge in [-0.15, -0.1) is 11.6 Å². The zero-order valence-electron chi connectivity index (χ0n) is 6.38. The second-order valence-electron chi connectivity index (χ2n) is 2.79. The largest absolute Gasteiger partial charge is 0.212 e. The van der Waals surface area contributed by atoms with E-state index in [1.807, 2.05) is 0 Å². The van der Waals surface area contributed by atoms with Crippen LogP contribution in [0.15, 0.2) is 0 Å². The van der Waals surface area contributed by atoms with Crippen LogP contribution in [0.4, 0.5) is 0 Å². The first kappa shape index (κ1) is 9.29. The molecule has 0 bridgehead atoms. The van der Waals surface area contributed by atoms with Crippen molar-refractivity contribution in [3.8, 4) is 0 Å². The number of hydrogen-bond acceptors (Lipinski definition) is 2. The van der Waals surface area contributed by atoms with E-state index in [1.54, 1.807) is 6.92 Å². The van der Waals surface area contributed by atoms with Gasteiger partial charge in [-0.3, -0.25) is 0 Å². The van der Waals surface area contributed by atoms with Crippen LogP contribution in [0, 0.1) is 0 Å². The van der Waals surface area contributed by atoms with Gasteiger partial charge in [-0.05, 0) is 19.8 Å². The van der Waals surface area contributed by atoms with Crippen LogP contribution in [-0.4, -0.2) is 25.6 Å². The molecule has 0 radical (unpaired) electrons. The molecule has 3 nitrogen and oxygen atoms in total. The fraction of sp³-hybridized carbons (Fsp3) is 1.00. The fourth-order valence-electron chi connectivity index (χ4n) is 0.982. The highest BCUT2D eigenvalue weighted by atomic mass is 35.5. The van der Waals surface area contributed by atoms with Gasteiger partial charge in [0.2, 0.25) is 10.0 Å². The van der Waals surface area contributed by atoms with Crippen molar-refractivity contribution >= 4 is 21.6 Å². The van der Waals surface area contributed by atoms with Gasteiger partial charge in [0.25, 0.3) is 0 Å². The molecule has 0 heterocycles. The first-order valence-electron chi connectivity index (χ1n) is 3.67. The van der Waals surface area contributed by atoms with Crippen molar-refractivity contribution < 1.29 is 8.42 Å². The standard InChI is InChI=1S/C6H12ClNO2S/c1-2-11(9,10)8-6-3-5(7)4-6/h5-6,8H,2-4H2,1H3. The van der Waals surface area contributed by atoms with Gasteiger partial charge in [-0.25, -0.2) is 13.1 Å². The number of alkyl halides is 1. The van der Waals surface area contributed by atoms with Crippen LogP contribution in [-0.2, 0) is 10.0 Å². The monoisotopic (exact) mass is 197 g/mol. The third-order valence-electron chi connectivity index (χ3n) is 1.81. The highest BCUT2D eigenvalue weighted by Gasteiger charge is 2.29. The highest BCUT2D eigenvalue weighted by molar-refractivity contribution is 7.89. The van der Waals surface area contributed by atoms with Crippen molar-refractivity contribution in [3.05, 3.63) is 0 Å². The SMILES string of the molecule is CCS(=O)(=O)NC1CC(Cl)C1.